The molecule has 1 saturated heterocycles. The largest absolute Gasteiger partial charge is 0.507 e. The number of benzene rings is 1. The van der Waals surface area contributed by atoms with Crippen LogP contribution >= 0.6 is 22.9 Å². The Bertz CT molecular complexity index is 636. The summed E-state index contributed by atoms with van der Waals surface area (Å²) in [5, 5.41) is 12.6. The van der Waals surface area contributed by atoms with Crippen molar-refractivity contribution in [1.82, 2.24) is 4.90 Å². The second-order valence-corrected chi connectivity index (χ2v) is 6.89. The number of phenolic OH excluding ortho intramolecular Hbond substituents is 1. The van der Waals surface area contributed by atoms with Crippen molar-refractivity contribution in [2.24, 2.45) is 4.99 Å². The van der Waals surface area contributed by atoms with Gasteiger partial charge in [0.25, 0.3) is 0 Å². The molecule has 2 heterocycles. The Morgan fingerprint density at radius 3 is 2.86 bits per heavy atom. The van der Waals surface area contributed by atoms with Gasteiger partial charge in [-0.15, -0.1) is 11.3 Å². The van der Waals surface area contributed by atoms with E-state index in [9.17, 15) is 5.11 Å². The Balaban J connectivity index is 1.73. The van der Waals surface area contributed by atoms with Crippen molar-refractivity contribution in [1.29, 1.82) is 0 Å². The first-order valence-electron chi connectivity index (χ1n) is 7.50. The van der Waals surface area contributed by atoms with Crippen LogP contribution in [-0.4, -0.2) is 35.9 Å². The van der Waals surface area contributed by atoms with E-state index in [1.807, 2.05) is 0 Å². The molecule has 116 valence electrons. The second kappa shape index (κ2) is 7.27. The molecular weight excluding hydrogens is 316 g/mol. The molecule has 0 aliphatic carbocycles. The molecule has 1 atom stereocenters. The number of halogens is 1. The highest BCUT2D eigenvalue weighted by atomic mass is 35.5. The molecule has 0 unspecified atom stereocenters. The predicted octanol–water partition coefficient (Wildman–Crippen LogP) is 4.36. The van der Waals surface area contributed by atoms with E-state index in [1.165, 1.54) is 17.7 Å². The Labute approximate surface area is 139 Å². The topological polar surface area (TPSA) is 35.8 Å². The minimum absolute atomic E-state index is 0.210. The van der Waals surface area contributed by atoms with Gasteiger partial charge >= 0.3 is 0 Å². The van der Waals surface area contributed by atoms with Gasteiger partial charge in [0, 0.05) is 21.7 Å². The fourth-order valence-corrected chi connectivity index (χ4v) is 3.83. The van der Waals surface area contributed by atoms with Crippen LogP contribution in [0.4, 0.5) is 0 Å². The number of rotatable bonds is 5. The molecule has 1 aromatic heterocycles. The smallest absolute Gasteiger partial charge is 0.124 e. The first kappa shape index (κ1) is 15.5. The molecule has 3 rings (SSSR count). The van der Waals surface area contributed by atoms with Gasteiger partial charge in [-0.2, -0.15) is 0 Å². The highest BCUT2D eigenvalue weighted by molar-refractivity contribution is 7.10. The van der Waals surface area contributed by atoms with Gasteiger partial charge in [-0.25, -0.2) is 0 Å². The van der Waals surface area contributed by atoms with Crippen molar-refractivity contribution in [2.75, 3.05) is 19.6 Å². The summed E-state index contributed by atoms with van der Waals surface area (Å²) in [5.41, 5.74) is 0.666. The van der Waals surface area contributed by atoms with Crippen LogP contribution in [0.1, 0.15) is 29.3 Å². The summed E-state index contributed by atoms with van der Waals surface area (Å²) < 4.78 is 0. The lowest BCUT2D eigenvalue weighted by Gasteiger charge is -2.25. The zero-order chi connectivity index (χ0) is 15.4. The van der Waals surface area contributed by atoms with Crippen LogP contribution in [0, 0.1) is 0 Å². The lowest BCUT2D eigenvalue weighted by Crippen LogP contribution is -2.27. The average Bonchev–Trinajstić information content (AvgIpc) is 3.20. The molecule has 0 bridgehead atoms. The fourth-order valence-electron chi connectivity index (χ4n) is 2.80. The zero-order valence-corrected chi connectivity index (χ0v) is 13.9. The lowest BCUT2D eigenvalue weighted by atomic mass is 10.2. The van der Waals surface area contributed by atoms with Crippen molar-refractivity contribution in [3.63, 3.8) is 0 Å². The van der Waals surface area contributed by atoms with Crippen molar-refractivity contribution < 1.29 is 5.11 Å². The maximum Gasteiger partial charge on any atom is 0.124 e. The number of phenols is 1. The van der Waals surface area contributed by atoms with Gasteiger partial charge in [-0.05, 0) is 55.6 Å². The number of aliphatic imine (C=N–C) groups is 1. The van der Waals surface area contributed by atoms with E-state index in [1.54, 1.807) is 35.8 Å². The summed E-state index contributed by atoms with van der Waals surface area (Å²) in [6.45, 7) is 2.98. The molecule has 22 heavy (non-hydrogen) atoms. The van der Waals surface area contributed by atoms with Gasteiger partial charge in [0.2, 0.25) is 0 Å². The van der Waals surface area contributed by atoms with E-state index in [0.29, 0.717) is 23.2 Å². The van der Waals surface area contributed by atoms with Crippen molar-refractivity contribution in [3.8, 4) is 5.75 Å². The average molecular weight is 335 g/mol. The monoisotopic (exact) mass is 334 g/mol. The Hall–Kier alpha value is -1.36. The van der Waals surface area contributed by atoms with Gasteiger partial charge < -0.3 is 5.11 Å². The summed E-state index contributed by atoms with van der Waals surface area (Å²) in [7, 11) is 0. The van der Waals surface area contributed by atoms with E-state index in [4.69, 9.17) is 11.6 Å². The minimum atomic E-state index is 0.210. The maximum absolute atomic E-state index is 9.84. The van der Waals surface area contributed by atoms with E-state index >= 15 is 0 Å². The first-order valence-corrected chi connectivity index (χ1v) is 8.75. The number of thiophene rings is 1. The molecule has 1 aromatic carbocycles. The zero-order valence-electron chi connectivity index (χ0n) is 12.3. The number of hydrogen-bond donors (Lipinski definition) is 1. The summed E-state index contributed by atoms with van der Waals surface area (Å²) in [4.78, 5) is 8.42. The molecular formula is C17H19ClN2OS. The van der Waals surface area contributed by atoms with Crippen LogP contribution in [0.25, 0.3) is 0 Å². The highest BCUT2D eigenvalue weighted by Crippen LogP contribution is 2.29. The van der Waals surface area contributed by atoms with Gasteiger partial charge in [0.05, 0.1) is 12.6 Å². The standard InChI is InChI=1S/C17H19ClN2OS/c18-14-5-6-16(21)13(10-14)11-19-12-15(17-4-3-9-22-17)20-7-1-2-8-20/h3-6,9-11,15,21H,1-2,7-8,12H2/t15-/m0/s1. The third kappa shape index (κ3) is 3.69. The van der Waals surface area contributed by atoms with Crippen LogP contribution in [0.2, 0.25) is 5.02 Å². The summed E-state index contributed by atoms with van der Waals surface area (Å²) in [5.74, 6) is 0.210. The van der Waals surface area contributed by atoms with Crippen LogP contribution in [0.3, 0.4) is 0 Å². The molecule has 1 aliphatic rings. The third-order valence-corrected chi connectivity index (χ3v) is 5.16. The number of likely N-dealkylation sites (tertiary alicyclic amines) is 1. The van der Waals surface area contributed by atoms with E-state index in [0.717, 1.165) is 13.1 Å². The summed E-state index contributed by atoms with van der Waals surface area (Å²) in [6, 6.07) is 9.61. The minimum Gasteiger partial charge on any atom is -0.507 e. The fraction of sp³-hybridized carbons (Fsp3) is 0.353. The molecule has 0 radical (unpaired) electrons. The SMILES string of the molecule is Oc1ccc(Cl)cc1C=NC[C@@H](c1cccs1)N1CCCC1. The Morgan fingerprint density at radius 1 is 1.32 bits per heavy atom. The van der Waals surface area contributed by atoms with Crippen molar-refractivity contribution in [2.45, 2.75) is 18.9 Å². The molecule has 1 N–H and O–H groups in total. The summed E-state index contributed by atoms with van der Waals surface area (Å²) >= 11 is 7.75. The van der Waals surface area contributed by atoms with Crippen LogP contribution in [0.15, 0.2) is 40.7 Å². The third-order valence-electron chi connectivity index (χ3n) is 3.95. The molecule has 1 aliphatic heterocycles. The molecule has 0 amide bonds. The van der Waals surface area contributed by atoms with E-state index in [-0.39, 0.29) is 5.75 Å². The quantitative estimate of drug-likeness (QED) is 0.824. The van der Waals surface area contributed by atoms with Gasteiger partial charge in [0.1, 0.15) is 5.75 Å². The van der Waals surface area contributed by atoms with E-state index in [2.05, 4.69) is 27.4 Å². The molecule has 1 fully saturated rings. The molecule has 0 spiro atoms. The van der Waals surface area contributed by atoms with Gasteiger partial charge in [-0.3, -0.25) is 9.89 Å². The van der Waals surface area contributed by atoms with Gasteiger partial charge in [-0.1, -0.05) is 17.7 Å². The number of hydrogen-bond acceptors (Lipinski definition) is 4. The van der Waals surface area contributed by atoms with Crippen LogP contribution < -0.4 is 0 Å². The number of aromatic hydroxyl groups is 1. The maximum atomic E-state index is 9.84. The number of nitrogens with zero attached hydrogens (tertiary/aromatic N) is 2. The highest BCUT2D eigenvalue weighted by Gasteiger charge is 2.23. The molecule has 5 heteroatoms. The normalized spacial score (nSPS) is 17.3. The molecule has 3 nitrogen and oxygen atoms in total. The Kier molecular flexibility index (Phi) is 5.13. The van der Waals surface area contributed by atoms with Gasteiger partial charge in [0.15, 0.2) is 0 Å². The van der Waals surface area contributed by atoms with Crippen molar-refractivity contribution >= 4 is 29.2 Å². The van der Waals surface area contributed by atoms with Crippen LogP contribution in [0.5, 0.6) is 5.75 Å². The van der Waals surface area contributed by atoms with Crippen LogP contribution in [-0.2, 0) is 0 Å². The summed E-state index contributed by atoms with van der Waals surface area (Å²) in [6.07, 6.45) is 4.25. The van der Waals surface area contributed by atoms with E-state index < -0.39 is 0 Å². The lowest BCUT2D eigenvalue weighted by molar-refractivity contribution is 0.255. The first-order chi connectivity index (χ1) is 10.7. The molecule has 0 saturated carbocycles. The second-order valence-electron chi connectivity index (χ2n) is 5.47. The van der Waals surface area contributed by atoms with Crippen molar-refractivity contribution in [3.05, 3.63) is 51.2 Å². The Morgan fingerprint density at radius 2 is 2.14 bits per heavy atom. The predicted molar refractivity (Wildman–Crippen MR) is 93.4 cm³/mol. The molecule has 2 aromatic rings.